The Kier molecular flexibility index (Phi) is 5.74. The summed E-state index contributed by atoms with van der Waals surface area (Å²) >= 11 is 3.40. The van der Waals surface area contributed by atoms with Crippen molar-refractivity contribution >= 4 is 27.7 Å². The molecule has 0 radical (unpaired) electrons. The van der Waals surface area contributed by atoms with Gasteiger partial charge in [-0.1, -0.05) is 22.0 Å². The molecule has 1 aliphatic rings. The first-order valence-electron chi connectivity index (χ1n) is 5.67. The zero-order chi connectivity index (χ0) is 12.0. The van der Waals surface area contributed by atoms with Crippen molar-refractivity contribution in [2.75, 3.05) is 6.61 Å². The van der Waals surface area contributed by atoms with E-state index in [4.69, 9.17) is 4.74 Å². The third kappa shape index (κ3) is 4.47. The number of esters is 1. The Morgan fingerprint density at radius 1 is 1.56 bits per heavy atom. The van der Waals surface area contributed by atoms with Gasteiger partial charge in [0.1, 0.15) is 0 Å². The van der Waals surface area contributed by atoms with Crippen LogP contribution in [0.25, 0.3) is 0 Å². The molecule has 0 heterocycles. The largest absolute Gasteiger partial charge is 0.466 e. The van der Waals surface area contributed by atoms with Crippen LogP contribution in [-0.2, 0) is 14.3 Å². The molecule has 90 valence electrons. The predicted molar refractivity (Wildman–Crippen MR) is 65.5 cm³/mol. The van der Waals surface area contributed by atoms with E-state index in [2.05, 4.69) is 15.9 Å². The topological polar surface area (TPSA) is 43.4 Å². The lowest BCUT2D eigenvalue weighted by atomic mass is 10.1. The lowest BCUT2D eigenvalue weighted by Gasteiger charge is -2.02. The number of unbranched alkanes of at least 4 members (excludes halogenated alkanes) is 1. The van der Waals surface area contributed by atoms with Gasteiger partial charge in [0.25, 0.3) is 0 Å². The van der Waals surface area contributed by atoms with Crippen LogP contribution in [0.3, 0.4) is 0 Å². The fraction of sp³-hybridized carbons (Fsp3) is 0.667. The van der Waals surface area contributed by atoms with Crippen LogP contribution in [0.4, 0.5) is 0 Å². The molecule has 0 bridgehead atoms. The number of ketones is 1. The van der Waals surface area contributed by atoms with E-state index in [0.717, 1.165) is 24.8 Å². The third-order valence-corrected chi connectivity index (χ3v) is 3.09. The van der Waals surface area contributed by atoms with E-state index in [9.17, 15) is 9.59 Å². The van der Waals surface area contributed by atoms with Gasteiger partial charge < -0.3 is 4.74 Å². The molecule has 1 aliphatic carbocycles. The van der Waals surface area contributed by atoms with Gasteiger partial charge in [0.15, 0.2) is 5.78 Å². The van der Waals surface area contributed by atoms with Crippen LogP contribution in [0.5, 0.6) is 0 Å². The molecule has 0 N–H and O–H groups in total. The van der Waals surface area contributed by atoms with E-state index in [1.807, 2.05) is 6.08 Å². The van der Waals surface area contributed by atoms with Gasteiger partial charge in [0.05, 0.1) is 6.61 Å². The number of rotatable bonds is 6. The average Bonchev–Trinajstić information content (AvgIpc) is 2.53. The van der Waals surface area contributed by atoms with E-state index < -0.39 is 0 Å². The van der Waals surface area contributed by atoms with Crippen molar-refractivity contribution in [1.82, 2.24) is 0 Å². The van der Waals surface area contributed by atoms with Crippen molar-refractivity contribution in [2.45, 2.75) is 43.9 Å². The normalized spacial score (nSPS) is 19.8. The minimum Gasteiger partial charge on any atom is -0.466 e. The van der Waals surface area contributed by atoms with Gasteiger partial charge in [-0.25, -0.2) is 0 Å². The van der Waals surface area contributed by atoms with Crippen LogP contribution < -0.4 is 0 Å². The maximum Gasteiger partial charge on any atom is 0.305 e. The zero-order valence-electron chi connectivity index (χ0n) is 9.50. The summed E-state index contributed by atoms with van der Waals surface area (Å²) in [5.41, 5.74) is 0.908. The van der Waals surface area contributed by atoms with Gasteiger partial charge in [-0.3, -0.25) is 9.59 Å². The molecule has 1 unspecified atom stereocenters. The second-order valence-corrected chi connectivity index (χ2v) is 5.02. The molecule has 4 heteroatoms. The van der Waals surface area contributed by atoms with Crippen molar-refractivity contribution in [2.24, 2.45) is 0 Å². The lowest BCUT2D eigenvalue weighted by molar-refractivity contribution is -0.143. The Bertz CT molecular complexity index is 297. The molecule has 1 rings (SSSR count). The van der Waals surface area contributed by atoms with E-state index in [0.29, 0.717) is 19.4 Å². The van der Waals surface area contributed by atoms with Crippen LogP contribution in [-0.4, -0.2) is 23.2 Å². The van der Waals surface area contributed by atoms with E-state index in [-0.39, 0.29) is 16.6 Å². The highest BCUT2D eigenvalue weighted by molar-refractivity contribution is 9.09. The predicted octanol–water partition coefficient (Wildman–Crippen LogP) is 2.77. The van der Waals surface area contributed by atoms with Gasteiger partial charge in [0, 0.05) is 17.7 Å². The van der Waals surface area contributed by atoms with Crippen LogP contribution >= 0.6 is 15.9 Å². The number of allylic oxidation sites excluding steroid dienone is 2. The number of carbonyl (C=O) groups is 2. The summed E-state index contributed by atoms with van der Waals surface area (Å²) in [7, 11) is 0. The molecule has 0 saturated heterocycles. The molecule has 0 spiro atoms. The van der Waals surface area contributed by atoms with Crippen LogP contribution in [0, 0.1) is 0 Å². The average molecular weight is 289 g/mol. The van der Waals surface area contributed by atoms with E-state index in [1.54, 1.807) is 6.92 Å². The van der Waals surface area contributed by atoms with Gasteiger partial charge in [-0.15, -0.1) is 0 Å². The van der Waals surface area contributed by atoms with E-state index >= 15 is 0 Å². The number of hydrogen-bond acceptors (Lipinski definition) is 3. The van der Waals surface area contributed by atoms with Gasteiger partial charge in [-0.05, 0) is 31.8 Å². The number of ether oxygens (including phenoxy) is 1. The number of alkyl halides is 1. The smallest absolute Gasteiger partial charge is 0.305 e. The maximum absolute atomic E-state index is 11.4. The molecule has 16 heavy (non-hydrogen) atoms. The maximum atomic E-state index is 11.4. The summed E-state index contributed by atoms with van der Waals surface area (Å²) in [6, 6.07) is 0. The quantitative estimate of drug-likeness (QED) is 0.429. The Hall–Kier alpha value is -0.640. The van der Waals surface area contributed by atoms with Crippen molar-refractivity contribution < 1.29 is 14.3 Å². The fourth-order valence-electron chi connectivity index (χ4n) is 1.72. The lowest BCUT2D eigenvalue weighted by Crippen LogP contribution is -2.03. The summed E-state index contributed by atoms with van der Waals surface area (Å²) in [5, 5.41) is 0. The molecule has 0 aliphatic heterocycles. The minimum atomic E-state index is -0.146. The standard InChI is InChI=1S/C12H17BrO3/c1-2-16-12(15)6-4-3-5-9-7-10(13)8-11(9)14/h7,10H,2-6,8H2,1H3. The van der Waals surface area contributed by atoms with E-state index in [1.165, 1.54) is 0 Å². The van der Waals surface area contributed by atoms with Crippen LogP contribution in [0.2, 0.25) is 0 Å². The molecule has 0 aromatic heterocycles. The molecule has 0 aromatic carbocycles. The first kappa shape index (κ1) is 13.4. The van der Waals surface area contributed by atoms with Crippen molar-refractivity contribution in [3.63, 3.8) is 0 Å². The van der Waals surface area contributed by atoms with Crippen LogP contribution in [0.15, 0.2) is 11.6 Å². The number of carbonyl (C=O) groups excluding carboxylic acids is 2. The summed E-state index contributed by atoms with van der Waals surface area (Å²) in [5.74, 6) is 0.0885. The zero-order valence-corrected chi connectivity index (χ0v) is 11.1. The highest BCUT2D eigenvalue weighted by Gasteiger charge is 2.21. The fourth-order valence-corrected chi connectivity index (χ4v) is 2.33. The molecule has 0 saturated carbocycles. The van der Waals surface area contributed by atoms with Crippen LogP contribution in [0.1, 0.15) is 39.0 Å². The first-order valence-corrected chi connectivity index (χ1v) is 6.58. The van der Waals surface area contributed by atoms with Gasteiger partial charge >= 0.3 is 5.97 Å². The summed E-state index contributed by atoms with van der Waals surface area (Å²) in [6.07, 6.45) is 5.44. The number of Topliss-reactive ketones (excluding diaryl/α,β-unsaturated/α-hetero) is 1. The summed E-state index contributed by atoms with van der Waals surface area (Å²) in [6.45, 7) is 2.24. The number of hydrogen-bond donors (Lipinski definition) is 0. The third-order valence-electron chi connectivity index (χ3n) is 2.50. The second kappa shape index (κ2) is 6.84. The molecule has 3 nitrogen and oxygen atoms in total. The molecule has 0 fully saturated rings. The van der Waals surface area contributed by atoms with Crippen molar-refractivity contribution in [3.05, 3.63) is 11.6 Å². The Labute approximate surface area is 104 Å². The Morgan fingerprint density at radius 2 is 2.31 bits per heavy atom. The van der Waals surface area contributed by atoms with Gasteiger partial charge in [-0.2, -0.15) is 0 Å². The van der Waals surface area contributed by atoms with Crippen molar-refractivity contribution in [3.8, 4) is 0 Å². The molecular weight excluding hydrogens is 272 g/mol. The summed E-state index contributed by atoms with van der Waals surface area (Å²) in [4.78, 5) is 22.7. The van der Waals surface area contributed by atoms with Crippen molar-refractivity contribution in [1.29, 1.82) is 0 Å². The molecular formula is C12H17BrO3. The highest BCUT2D eigenvalue weighted by atomic mass is 79.9. The molecule has 0 aromatic rings. The monoisotopic (exact) mass is 288 g/mol. The Morgan fingerprint density at radius 3 is 2.88 bits per heavy atom. The summed E-state index contributed by atoms with van der Waals surface area (Å²) < 4.78 is 4.82. The number of halogens is 1. The first-order chi connectivity index (χ1) is 7.63. The SMILES string of the molecule is CCOC(=O)CCCCC1=CC(Br)CC1=O. The van der Waals surface area contributed by atoms with Gasteiger partial charge in [0.2, 0.25) is 0 Å². The molecule has 1 atom stereocenters. The Balaban J connectivity index is 2.14. The second-order valence-electron chi connectivity index (χ2n) is 3.85. The molecule has 0 amide bonds. The minimum absolute atomic E-state index is 0.146. The highest BCUT2D eigenvalue weighted by Crippen LogP contribution is 2.24.